The van der Waals surface area contributed by atoms with E-state index >= 15 is 0 Å². The van der Waals surface area contributed by atoms with Crippen LogP contribution in [0.1, 0.15) is 30.9 Å². The molecular formula is C15H21FN2O3. The molecule has 0 heterocycles. The van der Waals surface area contributed by atoms with Gasteiger partial charge < -0.3 is 15.3 Å². The van der Waals surface area contributed by atoms with Crippen molar-refractivity contribution in [2.24, 2.45) is 0 Å². The average Bonchev–Trinajstić information content (AvgIpc) is 2.45. The van der Waals surface area contributed by atoms with E-state index in [1.165, 1.54) is 29.2 Å². The number of nitrogens with zero attached hydrogens (tertiary/aromatic N) is 1. The van der Waals surface area contributed by atoms with Crippen molar-refractivity contribution in [2.45, 2.75) is 25.4 Å². The van der Waals surface area contributed by atoms with Crippen molar-refractivity contribution in [1.29, 1.82) is 0 Å². The summed E-state index contributed by atoms with van der Waals surface area (Å²) >= 11 is 0. The van der Waals surface area contributed by atoms with Crippen molar-refractivity contribution >= 4 is 11.8 Å². The maximum absolute atomic E-state index is 12.7. The summed E-state index contributed by atoms with van der Waals surface area (Å²) in [5.74, 6) is -0.614. The molecule has 2 N–H and O–H groups in total. The lowest BCUT2D eigenvalue weighted by atomic mass is 10.1. The summed E-state index contributed by atoms with van der Waals surface area (Å²) in [5, 5.41) is 12.4. The van der Waals surface area contributed by atoms with Gasteiger partial charge in [-0.2, -0.15) is 0 Å². The lowest BCUT2D eigenvalue weighted by molar-refractivity contribution is -0.129. The fraction of sp³-hybridized carbons (Fsp3) is 0.467. The second-order valence-corrected chi connectivity index (χ2v) is 5.01. The highest BCUT2D eigenvalue weighted by atomic mass is 19.1. The summed E-state index contributed by atoms with van der Waals surface area (Å²) in [6, 6.07) is 5.46. The third-order valence-electron chi connectivity index (χ3n) is 3.04. The van der Waals surface area contributed by atoms with Gasteiger partial charge >= 0.3 is 0 Å². The van der Waals surface area contributed by atoms with Crippen LogP contribution in [0.3, 0.4) is 0 Å². The first-order valence-corrected chi connectivity index (χ1v) is 6.80. The Kier molecular flexibility index (Phi) is 6.81. The summed E-state index contributed by atoms with van der Waals surface area (Å²) in [7, 11) is 3.34. The molecule has 1 atom stereocenters. The Morgan fingerprint density at radius 1 is 1.24 bits per heavy atom. The second-order valence-electron chi connectivity index (χ2n) is 5.01. The van der Waals surface area contributed by atoms with Gasteiger partial charge in [0.1, 0.15) is 5.82 Å². The standard InChI is InChI=1S/C15H21FN2O3/c1-18(2)15(21)5-3-4-14(20)17-10-13(19)11-6-8-12(16)9-7-11/h6-9,13,19H,3-5,10H2,1-2H3,(H,17,20). The highest BCUT2D eigenvalue weighted by molar-refractivity contribution is 5.78. The van der Waals surface area contributed by atoms with Crippen LogP contribution in [0.15, 0.2) is 24.3 Å². The Labute approximate surface area is 123 Å². The van der Waals surface area contributed by atoms with E-state index < -0.39 is 6.10 Å². The predicted octanol–water partition coefficient (Wildman–Crippen LogP) is 1.23. The van der Waals surface area contributed by atoms with E-state index in [9.17, 15) is 19.1 Å². The maximum atomic E-state index is 12.7. The highest BCUT2D eigenvalue weighted by Gasteiger charge is 2.10. The molecular weight excluding hydrogens is 275 g/mol. The van der Waals surface area contributed by atoms with Crippen LogP contribution in [-0.2, 0) is 9.59 Å². The van der Waals surface area contributed by atoms with Gasteiger partial charge in [0.05, 0.1) is 6.10 Å². The molecule has 1 aromatic rings. The third-order valence-corrected chi connectivity index (χ3v) is 3.04. The summed E-state index contributed by atoms with van der Waals surface area (Å²) in [5.41, 5.74) is 0.541. The first-order chi connectivity index (χ1) is 9.90. The molecule has 0 aromatic heterocycles. The van der Waals surface area contributed by atoms with Gasteiger partial charge in [0.25, 0.3) is 0 Å². The summed E-state index contributed by atoms with van der Waals surface area (Å²) in [6.07, 6.45) is 0.143. The van der Waals surface area contributed by atoms with Gasteiger partial charge in [-0.05, 0) is 24.1 Å². The first-order valence-electron chi connectivity index (χ1n) is 6.80. The lowest BCUT2D eigenvalue weighted by Gasteiger charge is -2.13. The van der Waals surface area contributed by atoms with Gasteiger partial charge in [0.2, 0.25) is 11.8 Å². The molecule has 2 amide bonds. The molecule has 0 aliphatic rings. The monoisotopic (exact) mass is 296 g/mol. The Hall–Kier alpha value is -1.95. The van der Waals surface area contributed by atoms with Gasteiger partial charge in [-0.1, -0.05) is 12.1 Å². The van der Waals surface area contributed by atoms with Crippen molar-refractivity contribution in [2.75, 3.05) is 20.6 Å². The molecule has 0 radical (unpaired) electrons. The number of hydrogen-bond donors (Lipinski definition) is 2. The van der Waals surface area contributed by atoms with Crippen LogP contribution in [0.25, 0.3) is 0 Å². The molecule has 0 aliphatic heterocycles. The Balaban J connectivity index is 2.26. The summed E-state index contributed by atoms with van der Waals surface area (Å²) < 4.78 is 12.7. The van der Waals surface area contributed by atoms with Crippen LogP contribution < -0.4 is 5.32 Å². The zero-order valence-corrected chi connectivity index (χ0v) is 12.3. The number of aliphatic hydroxyl groups is 1. The minimum absolute atomic E-state index is 0.0193. The summed E-state index contributed by atoms with van der Waals surface area (Å²) in [6.45, 7) is 0.0616. The molecule has 116 valence electrons. The maximum Gasteiger partial charge on any atom is 0.222 e. The number of nitrogens with one attached hydrogen (secondary N) is 1. The van der Waals surface area contributed by atoms with E-state index in [1.54, 1.807) is 14.1 Å². The number of hydrogen-bond acceptors (Lipinski definition) is 3. The van der Waals surface area contributed by atoms with Gasteiger partial charge in [-0.3, -0.25) is 9.59 Å². The first kappa shape index (κ1) is 17.1. The molecule has 0 aliphatic carbocycles. The number of aliphatic hydroxyl groups excluding tert-OH is 1. The minimum Gasteiger partial charge on any atom is -0.387 e. The van der Waals surface area contributed by atoms with E-state index in [1.807, 2.05) is 0 Å². The smallest absolute Gasteiger partial charge is 0.222 e. The van der Waals surface area contributed by atoms with Crippen molar-refractivity contribution in [3.05, 3.63) is 35.6 Å². The molecule has 1 aromatic carbocycles. The average molecular weight is 296 g/mol. The largest absolute Gasteiger partial charge is 0.387 e. The zero-order chi connectivity index (χ0) is 15.8. The molecule has 21 heavy (non-hydrogen) atoms. The number of carbonyl (C=O) groups is 2. The normalized spacial score (nSPS) is 11.8. The fourth-order valence-corrected chi connectivity index (χ4v) is 1.73. The lowest BCUT2D eigenvalue weighted by Crippen LogP contribution is -2.28. The number of rotatable bonds is 7. The van der Waals surface area contributed by atoms with Gasteiger partial charge in [-0.25, -0.2) is 4.39 Å². The van der Waals surface area contributed by atoms with Crippen LogP contribution in [-0.4, -0.2) is 42.5 Å². The van der Waals surface area contributed by atoms with Crippen molar-refractivity contribution in [3.63, 3.8) is 0 Å². The highest BCUT2D eigenvalue weighted by Crippen LogP contribution is 2.12. The van der Waals surface area contributed by atoms with E-state index in [4.69, 9.17) is 0 Å². The fourth-order valence-electron chi connectivity index (χ4n) is 1.73. The molecule has 5 nitrogen and oxygen atoms in total. The van der Waals surface area contributed by atoms with E-state index in [0.29, 0.717) is 18.4 Å². The molecule has 1 unspecified atom stereocenters. The van der Waals surface area contributed by atoms with Gasteiger partial charge in [0, 0.05) is 33.5 Å². The van der Waals surface area contributed by atoms with E-state index in [2.05, 4.69) is 5.32 Å². The SMILES string of the molecule is CN(C)C(=O)CCCC(=O)NCC(O)c1ccc(F)cc1. The van der Waals surface area contributed by atoms with Gasteiger partial charge in [0.15, 0.2) is 0 Å². The van der Waals surface area contributed by atoms with Crippen molar-refractivity contribution < 1.29 is 19.1 Å². The number of amides is 2. The molecule has 0 saturated carbocycles. The summed E-state index contributed by atoms with van der Waals surface area (Å²) in [4.78, 5) is 24.4. The van der Waals surface area contributed by atoms with Crippen molar-refractivity contribution in [1.82, 2.24) is 10.2 Å². The molecule has 6 heteroatoms. The molecule has 0 saturated heterocycles. The number of halogens is 1. The van der Waals surface area contributed by atoms with Crippen molar-refractivity contribution in [3.8, 4) is 0 Å². The second kappa shape index (κ2) is 8.36. The topological polar surface area (TPSA) is 69.6 Å². The zero-order valence-electron chi connectivity index (χ0n) is 12.3. The number of benzene rings is 1. The van der Waals surface area contributed by atoms with Crippen LogP contribution >= 0.6 is 0 Å². The van der Waals surface area contributed by atoms with Gasteiger partial charge in [-0.15, -0.1) is 0 Å². The third kappa shape index (κ3) is 6.35. The Bertz CT molecular complexity index is 474. The predicted molar refractivity (Wildman–Crippen MR) is 76.9 cm³/mol. The van der Waals surface area contributed by atoms with Crippen LogP contribution in [0, 0.1) is 5.82 Å². The molecule has 0 fully saturated rings. The van der Waals surface area contributed by atoms with E-state index in [0.717, 1.165) is 0 Å². The molecule has 0 spiro atoms. The van der Waals surface area contributed by atoms with Crippen LogP contribution in [0.4, 0.5) is 4.39 Å². The number of carbonyl (C=O) groups excluding carboxylic acids is 2. The van der Waals surface area contributed by atoms with E-state index in [-0.39, 0.29) is 30.6 Å². The minimum atomic E-state index is -0.877. The Morgan fingerprint density at radius 3 is 2.43 bits per heavy atom. The van der Waals surface area contributed by atoms with Crippen LogP contribution in [0.5, 0.6) is 0 Å². The Morgan fingerprint density at radius 2 is 1.86 bits per heavy atom. The molecule has 0 bridgehead atoms. The molecule has 1 rings (SSSR count). The quantitative estimate of drug-likeness (QED) is 0.795. The van der Waals surface area contributed by atoms with Crippen LogP contribution in [0.2, 0.25) is 0 Å².